The van der Waals surface area contributed by atoms with Gasteiger partial charge in [-0.2, -0.15) is 0 Å². The summed E-state index contributed by atoms with van der Waals surface area (Å²) in [7, 11) is 0. The van der Waals surface area contributed by atoms with E-state index in [-0.39, 0.29) is 24.3 Å². The van der Waals surface area contributed by atoms with Crippen LogP contribution in [0.1, 0.15) is 48.8 Å². The van der Waals surface area contributed by atoms with Gasteiger partial charge in [0.05, 0.1) is 6.42 Å². The lowest BCUT2D eigenvalue weighted by molar-refractivity contribution is -0.141. The Kier molecular flexibility index (Phi) is 9.13. The number of carbonyl (C=O) groups is 2. The Morgan fingerprint density at radius 2 is 1.40 bits per heavy atom. The summed E-state index contributed by atoms with van der Waals surface area (Å²) in [4.78, 5) is 29.3. The van der Waals surface area contributed by atoms with Crippen LogP contribution in [-0.2, 0) is 29.0 Å². The van der Waals surface area contributed by atoms with Crippen molar-refractivity contribution in [3.63, 3.8) is 0 Å². The van der Waals surface area contributed by atoms with Crippen molar-refractivity contribution in [1.82, 2.24) is 10.2 Å². The predicted molar refractivity (Wildman–Crippen MR) is 144 cm³/mol. The van der Waals surface area contributed by atoms with Gasteiger partial charge in [0.15, 0.2) is 0 Å². The highest BCUT2D eigenvalue weighted by atomic mass is 79.9. The third-order valence-electron chi connectivity index (χ3n) is 6.69. The van der Waals surface area contributed by atoms with E-state index in [4.69, 9.17) is 0 Å². The first kappa shape index (κ1) is 25.2. The summed E-state index contributed by atoms with van der Waals surface area (Å²) in [6.07, 6.45) is 6.28. The summed E-state index contributed by atoms with van der Waals surface area (Å²) >= 11 is 3.49. The Labute approximate surface area is 216 Å². The van der Waals surface area contributed by atoms with Crippen molar-refractivity contribution in [1.29, 1.82) is 0 Å². The van der Waals surface area contributed by atoms with Crippen LogP contribution in [0.3, 0.4) is 0 Å². The number of benzene rings is 3. The minimum absolute atomic E-state index is 0.0427. The van der Waals surface area contributed by atoms with E-state index in [1.54, 1.807) is 4.90 Å². The Bertz CT molecular complexity index is 1080. The maximum atomic E-state index is 13.7. The number of nitrogens with zero attached hydrogens (tertiary/aromatic N) is 1. The highest BCUT2D eigenvalue weighted by Gasteiger charge is 2.31. The molecular weight excluding hydrogens is 500 g/mol. The molecule has 0 spiro atoms. The van der Waals surface area contributed by atoms with Gasteiger partial charge in [-0.15, -0.1) is 0 Å². The second-order valence-electron chi connectivity index (χ2n) is 9.36. The summed E-state index contributed by atoms with van der Waals surface area (Å²) in [5.41, 5.74) is 2.99. The van der Waals surface area contributed by atoms with Crippen LogP contribution >= 0.6 is 15.9 Å². The number of hydrogen-bond acceptors (Lipinski definition) is 2. The van der Waals surface area contributed by atoms with E-state index in [2.05, 4.69) is 21.2 Å². The number of amides is 2. The molecule has 0 unspecified atom stereocenters. The molecule has 1 aliphatic rings. The molecule has 182 valence electrons. The summed E-state index contributed by atoms with van der Waals surface area (Å²) in [6, 6.07) is 27.3. The topological polar surface area (TPSA) is 49.4 Å². The van der Waals surface area contributed by atoms with Crippen LogP contribution in [0.5, 0.6) is 0 Å². The van der Waals surface area contributed by atoms with Gasteiger partial charge >= 0.3 is 0 Å². The first-order valence-corrected chi connectivity index (χ1v) is 13.3. The molecule has 0 aromatic heterocycles. The molecule has 1 atom stereocenters. The van der Waals surface area contributed by atoms with E-state index in [0.29, 0.717) is 13.0 Å². The molecular formula is C30H33BrN2O2. The molecule has 1 aliphatic carbocycles. The average molecular weight is 534 g/mol. The molecule has 3 aromatic carbocycles. The van der Waals surface area contributed by atoms with Gasteiger partial charge in [0, 0.05) is 23.5 Å². The molecule has 0 saturated heterocycles. The van der Waals surface area contributed by atoms with Crippen molar-refractivity contribution in [2.45, 2.75) is 63.6 Å². The first-order valence-electron chi connectivity index (χ1n) is 12.5. The zero-order valence-electron chi connectivity index (χ0n) is 20.0. The summed E-state index contributed by atoms with van der Waals surface area (Å²) in [5.74, 6) is -0.0990. The number of rotatable bonds is 9. The van der Waals surface area contributed by atoms with Gasteiger partial charge in [-0.05, 0) is 41.7 Å². The summed E-state index contributed by atoms with van der Waals surface area (Å²) < 4.78 is 0.985. The van der Waals surface area contributed by atoms with Gasteiger partial charge in [-0.1, -0.05) is 108 Å². The molecule has 35 heavy (non-hydrogen) atoms. The number of hydrogen-bond donors (Lipinski definition) is 1. The molecule has 2 amide bonds. The van der Waals surface area contributed by atoms with Crippen LogP contribution in [0.25, 0.3) is 0 Å². The monoisotopic (exact) mass is 532 g/mol. The fourth-order valence-electron chi connectivity index (χ4n) is 4.76. The lowest BCUT2D eigenvalue weighted by Gasteiger charge is -2.33. The molecule has 1 N–H and O–H groups in total. The maximum absolute atomic E-state index is 13.7. The maximum Gasteiger partial charge on any atom is 0.243 e. The second-order valence-corrected chi connectivity index (χ2v) is 10.3. The van der Waals surface area contributed by atoms with E-state index in [1.807, 2.05) is 84.9 Å². The number of nitrogens with one attached hydrogen (secondary N) is 1. The second kappa shape index (κ2) is 12.7. The largest absolute Gasteiger partial charge is 0.352 e. The molecule has 1 fully saturated rings. The molecule has 4 nitrogen and oxygen atoms in total. The van der Waals surface area contributed by atoms with Crippen molar-refractivity contribution in [3.05, 3.63) is 106 Å². The molecule has 0 aliphatic heterocycles. The minimum atomic E-state index is -0.584. The van der Waals surface area contributed by atoms with Crippen molar-refractivity contribution < 1.29 is 9.59 Å². The average Bonchev–Trinajstić information content (AvgIpc) is 2.89. The van der Waals surface area contributed by atoms with Crippen LogP contribution in [0.4, 0.5) is 0 Å². The van der Waals surface area contributed by atoms with Crippen LogP contribution in [0.15, 0.2) is 89.4 Å². The van der Waals surface area contributed by atoms with Crippen LogP contribution in [0, 0.1) is 0 Å². The van der Waals surface area contributed by atoms with Crippen LogP contribution in [-0.4, -0.2) is 28.8 Å². The van der Waals surface area contributed by atoms with E-state index in [0.717, 1.165) is 46.8 Å². The van der Waals surface area contributed by atoms with Crippen LogP contribution < -0.4 is 5.32 Å². The molecule has 4 rings (SSSR count). The summed E-state index contributed by atoms with van der Waals surface area (Å²) in [6.45, 7) is 0.383. The van der Waals surface area contributed by atoms with Gasteiger partial charge < -0.3 is 10.2 Å². The smallest absolute Gasteiger partial charge is 0.243 e. The highest BCUT2D eigenvalue weighted by Crippen LogP contribution is 2.21. The number of halogens is 1. The van der Waals surface area contributed by atoms with Crippen LogP contribution in [0.2, 0.25) is 0 Å². The Hall–Kier alpha value is -2.92. The van der Waals surface area contributed by atoms with Crippen molar-refractivity contribution in [2.24, 2.45) is 0 Å². The molecule has 5 heteroatoms. The predicted octanol–water partition coefficient (Wildman–Crippen LogP) is 6.08. The Morgan fingerprint density at radius 1 is 0.800 bits per heavy atom. The Balaban J connectivity index is 1.63. The van der Waals surface area contributed by atoms with Gasteiger partial charge in [0.25, 0.3) is 0 Å². The molecule has 1 saturated carbocycles. The van der Waals surface area contributed by atoms with Crippen molar-refractivity contribution >= 4 is 27.7 Å². The summed E-state index contributed by atoms with van der Waals surface area (Å²) in [5, 5.41) is 3.29. The minimum Gasteiger partial charge on any atom is -0.352 e. The fourth-order valence-corrected chi connectivity index (χ4v) is 5.02. The first-order chi connectivity index (χ1) is 17.1. The lowest BCUT2D eigenvalue weighted by Crippen LogP contribution is -2.53. The molecule has 0 heterocycles. The molecule has 0 radical (unpaired) electrons. The molecule has 3 aromatic rings. The highest BCUT2D eigenvalue weighted by molar-refractivity contribution is 9.10. The normalized spacial score (nSPS) is 14.8. The standard InChI is InChI=1S/C30H33BrN2O2/c31-26-18-16-25(17-19-26)22-33(29(34)21-24-12-6-2-7-13-24)28(20-23-10-4-1-5-11-23)30(35)32-27-14-8-3-9-15-27/h1-2,4-7,10-13,16-19,27-28H,3,8-9,14-15,20-22H2,(H,32,35)/t28-/m0/s1. The Morgan fingerprint density at radius 3 is 2.03 bits per heavy atom. The van der Waals surface area contributed by atoms with Gasteiger partial charge in [-0.3, -0.25) is 9.59 Å². The quantitative estimate of drug-likeness (QED) is 0.363. The van der Waals surface area contributed by atoms with Crippen molar-refractivity contribution in [2.75, 3.05) is 0 Å². The van der Waals surface area contributed by atoms with Gasteiger partial charge in [0.2, 0.25) is 11.8 Å². The number of carbonyl (C=O) groups excluding carboxylic acids is 2. The van der Waals surface area contributed by atoms with E-state index in [1.165, 1.54) is 6.42 Å². The van der Waals surface area contributed by atoms with E-state index >= 15 is 0 Å². The van der Waals surface area contributed by atoms with Gasteiger partial charge in [-0.25, -0.2) is 0 Å². The fraction of sp³-hybridized carbons (Fsp3) is 0.333. The van der Waals surface area contributed by atoms with E-state index < -0.39 is 6.04 Å². The van der Waals surface area contributed by atoms with E-state index in [9.17, 15) is 9.59 Å². The third kappa shape index (κ3) is 7.53. The lowest BCUT2D eigenvalue weighted by atomic mass is 9.94. The van der Waals surface area contributed by atoms with Crippen molar-refractivity contribution in [3.8, 4) is 0 Å². The molecule has 0 bridgehead atoms. The third-order valence-corrected chi connectivity index (χ3v) is 7.22. The SMILES string of the molecule is O=C(NC1CCCCC1)[C@H](Cc1ccccc1)N(Cc1ccc(Br)cc1)C(=O)Cc1ccccc1. The zero-order valence-corrected chi connectivity index (χ0v) is 21.6. The van der Waals surface area contributed by atoms with Gasteiger partial charge in [0.1, 0.15) is 6.04 Å². The zero-order chi connectivity index (χ0) is 24.5.